The third kappa shape index (κ3) is 3.52. The molecule has 4 aromatic carbocycles. The third-order valence-electron chi connectivity index (χ3n) is 5.66. The first-order chi connectivity index (χ1) is 15.7. The van der Waals surface area contributed by atoms with Gasteiger partial charge in [-0.25, -0.2) is 9.97 Å². The van der Waals surface area contributed by atoms with E-state index >= 15 is 0 Å². The maximum Gasteiger partial charge on any atom is 0.197 e. The predicted octanol–water partition coefficient (Wildman–Crippen LogP) is 8.61. The maximum atomic E-state index is 4.67. The van der Waals surface area contributed by atoms with Gasteiger partial charge in [-0.05, 0) is 51.3 Å². The third-order valence-corrected chi connectivity index (χ3v) is 7.17. The van der Waals surface area contributed by atoms with Crippen LogP contribution in [-0.4, -0.2) is 9.97 Å². The molecule has 0 bridgehead atoms. The fraction of sp³-hybridized carbons (Fsp3) is 0. The van der Waals surface area contributed by atoms with Crippen LogP contribution in [0.5, 0.6) is 0 Å². The lowest BCUT2D eigenvalue weighted by atomic mass is 10.0. The van der Waals surface area contributed by atoms with Crippen LogP contribution in [0.25, 0.3) is 53.8 Å². The van der Waals surface area contributed by atoms with Crippen molar-refractivity contribution in [3.8, 4) is 33.6 Å². The summed E-state index contributed by atoms with van der Waals surface area (Å²) in [6, 6.07) is 36.1. The van der Waals surface area contributed by atoms with Gasteiger partial charge in [0.1, 0.15) is 0 Å². The molecule has 0 fully saturated rings. The van der Waals surface area contributed by atoms with E-state index in [1.165, 1.54) is 31.3 Å². The van der Waals surface area contributed by atoms with Crippen molar-refractivity contribution in [1.29, 1.82) is 0 Å². The van der Waals surface area contributed by atoms with E-state index in [4.69, 9.17) is 0 Å². The van der Waals surface area contributed by atoms with Crippen LogP contribution >= 0.6 is 27.3 Å². The predicted molar refractivity (Wildman–Crippen MR) is 139 cm³/mol. The van der Waals surface area contributed by atoms with Crippen LogP contribution in [-0.2, 0) is 0 Å². The zero-order chi connectivity index (χ0) is 21.5. The van der Waals surface area contributed by atoms with Crippen molar-refractivity contribution < 1.29 is 0 Å². The molecule has 0 saturated heterocycles. The topological polar surface area (TPSA) is 25.8 Å². The minimum absolute atomic E-state index is 0.590. The summed E-state index contributed by atoms with van der Waals surface area (Å²) in [6.07, 6.45) is 0. The highest BCUT2D eigenvalue weighted by molar-refractivity contribution is 9.10. The van der Waals surface area contributed by atoms with Gasteiger partial charge >= 0.3 is 0 Å². The second kappa shape index (κ2) is 7.97. The van der Waals surface area contributed by atoms with Crippen molar-refractivity contribution in [3.63, 3.8) is 0 Å². The first-order valence-corrected chi connectivity index (χ1v) is 12.0. The highest BCUT2D eigenvalue weighted by Gasteiger charge is 2.11. The second-order valence-corrected chi connectivity index (χ2v) is 9.45. The van der Waals surface area contributed by atoms with Gasteiger partial charge in [0.15, 0.2) is 4.73 Å². The normalized spacial score (nSPS) is 11.3. The average Bonchev–Trinajstić information content (AvgIpc) is 3.22. The van der Waals surface area contributed by atoms with Crippen molar-refractivity contribution in [1.82, 2.24) is 9.97 Å². The summed E-state index contributed by atoms with van der Waals surface area (Å²) in [6.45, 7) is 0. The molecule has 2 heterocycles. The number of hydrogen-bond donors (Lipinski definition) is 0. The zero-order valence-corrected chi connectivity index (χ0v) is 19.4. The summed E-state index contributed by atoms with van der Waals surface area (Å²) in [7, 11) is 0. The minimum Gasteiger partial charge on any atom is -0.222 e. The van der Waals surface area contributed by atoms with Crippen molar-refractivity contribution in [2.45, 2.75) is 0 Å². The number of nitrogens with zero attached hydrogens (tertiary/aromatic N) is 2. The molecule has 6 rings (SSSR count). The lowest BCUT2D eigenvalue weighted by Crippen LogP contribution is -1.92. The Morgan fingerprint density at radius 3 is 1.91 bits per heavy atom. The Kier molecular flexibility index (Phi) is 4.82. The molecular formula is C28H17BrN2S. The van der Waals surface area contributed by atoms with Crippen LogP contribution in [0.4, 0.5) is 0 Å². The van der Waals surface area contributed by atoms with Crippen LogP contribution in [0.1, 0.15) is 0 Å². The average molecular weight is 493 g/mol. The van der Waals surface area contributed by atoms with E-state index in [2.05, 4.69) is 123 Å². The number of halogens is 1. The molecule has 0 saturated carbocycles. The first kappa shape index (κ1) is 19.4. The molecule has 2 aromatic heterocycles. The Morgan fingerprint density at radius 2 is 1.09 bits per heavy atom. The minimum atomic E-state index is 0.590. The summed E-state index contributed by atoms with van der Waals surface area (Å²) in [5, 5.41) is 2.56. The summed E-state index contributed by atoms with van der Waals surface area (Å²) in [5.41, 5.74) is 6.36. The molecule has 32 heavy (non-hydrogen) atoms. The molecule has 0 spiro atoms. The lowest BCUT2D eigenvalue weighted by molar-refractivity contribution is 1.12. The molecule has 0 unspecified atom stereocenters. The molecule has 6 aromatic rings. The van der Waals surface area contributed by atoms with Crippen LogP contribution in [0, 0.1) is 0 Å². The van der Waals surface area contributed by atoms with E-state index < -0.39 is 0 Å². The van der Waals surface area contributed by atoms with Gasteiger partial charge in [0, 0.05) is 31.3 Å². The van der Waals surface area contributed by atoms with Crippen molar-refractivity contribution >= 4 is 47.4 Å². The van der Waals surface area contributed by atoms with E-state index in [1.807, 2.05) is 17.4 Å². The van der Waals surface area contributed by atoms with Crippen molar-refractivity contribution in [2.24, 2.45) is 0 Å². The van der Waals surface area contributed by atoms with Gasteiger partial charge in [-0.1, -0.05) is 78.9 Å². The fourth-order valence-corrected chi connectivity index (χ4v) is 5.53. The zero-order valence-electron chi connectivity index (χ0n) is 17.0. The fourth-order valence-electron chi connectivity index (χ4n) is 4.06. The van der Waals surface area contributed by atoms with E-state index in [-0.39, 0.29) is 0 Å². The largest absolute Gasteiger partial charge is 0.222 e. The maximum absolute atomic E-state index is 4.67. The number of aromatic nitrogens is 2. The summed E-state index contributed by atoms with van der Waals surface area (Å²) in [5.74, 6) is 0. The molecule has 0 amide bonds. The standard InChI is InChI=1S/C28H17BrN2S/c29-28-30-24(20-12-10-19(11-13-20)18-6-2-1-3-7-18)17-25(31-28)21-14-15-27-23(16-21)22-8-4-5-9-26(22)32-27/h1-17H. The first-order valence-electron chi connectivity index (χ1n) is 10.4. The monoisotopic (exact) mass is 492 g/mol. The van der Waals surface area contributed by atoms with Crippen molar-refractivity contribution in [3.05, 3.63) is 108 Å². The number of thiophene rings is 1. The summed E-state index contributed by atoms with van der Waals surface area (Å²) in [4.78, 5) is 9.32. The van der Waals surface area contributed by atoms with Crippen LogP contribution in [0.3, 0.4) is 0 Å². The van der Waals surface area contributed by atoms with Crippen LogP contribution in [0.2, 0.25) is 0 Å². The van der Waals surface area contributed by atoms with Gasteiger partial charge in [0.2, 0.25) is 0 Å². The Hall–Kier alpha value is -3.34. The number of benzene rings is 4. The van der Waals surface area contributed by atoms with E-state index in [9.17, 15) is 0 Å². The second-order valence-electron chi connectivity index (χ2n) is 7.66. The van der Waals surface area contributed by atoms with E-state index in [0.717, 1.165) is 22.5 Å². The van der Waals surface area contributed by atoms with E-state index in [1.54, 1.807) is 0 Å². The summed E-state index contributed by atoms with van der Waals surface area (Å²) < 4.78 is 3.19. The Morgan fingerprint density at radius 1 is 0.500 bits per heavy atom. The highest BCUT2D eigenvalue weighted by atomic mass is 79.9. The van der Waals surface area contributed by atoms with Gasteiger partial charge in [-0.15, -0.1) is 11.3 Å². The number of hydrogen-bond acceptors (Lipinski definition) is 3. The summed E-state index contributed by atoms with van der Waals surface area (Å²) >= 11 is 5.35. The SMILES string of the molecule is Brc1nc(-c2ccc(-c3ccccc3)cc2)cc(-c2ccc3sc4ccccc4c3c2)n1. The molecule has 0 aliphatic carbocycles. The van der Waals surface area contributed by atoms with Crippen LogP contribution in [0.15, 0.2) is 108 Å². The van der Waals surface area contributed by atoms with Gasteiger partial charge in [-0.2, -0.15) is 0 Å². The Labute approximate surface area is 198 Å². The Bertz CT molecular complexity index is 1570. The molecule has 2 nitrogen and oxygen atoms in total. The van der Waals surface area contributed by atoms with Gasteiger partial charge < -0.3 is 0 Å². The van der Waals surface area contributed by atoms with Crippen molar-refractivity contribution in [2.75, 3.05) is 0 Å². The lowest BCUT2D eigenvalue weighted by Gasteiger charge is -2.08. The molecule has 0 aliphatic rings. The molecule has 0 radical (unpaired) electrons. The van der Waals surface area contributed by atoms with Gasteiger partial charge in [0.05, 0.1) is 11.4 Å². The smallest absolute Gasteiger partial charge is 0.197 e. The molecule has 0 aliphatic heterocycles. The molecule has 152 valence electrons. The molecular weight excluding hydrogens is 476 g/mol. The van der Waals surface area contributed by atoms with Crippen LogP contribution < -0.4 is 0 Å². The van der Waals surface area contributed by atoms with E-state index in [0.29, 0.717) is 4.73 Å². The Balaban J connectivity index is 1.42. The molecule has 0 N–H and O–H groups in total. The van der Waals surface area contributed by atoms with Gasteiger partial charge in [0.25, 0.3) is 0 Å². The molecule has 4 heteroatoms. The quantitative estimate of drug-likeness (QED) is 0.231. The number of rotatable bonds is 3. The van der Waals surface area contributed by atoms with Gasteiger partial charge in [-0.3, -0.25) is 0 Å². The number of fused-ring (bicyclic) bond motifs is 3. The highest BCUT2D eigenvalue weighted by Crippen LogP contribution is 2.36. The molecule has 0 atom stereocenters.